The lowest BCUT2D eigenvalue weighted by atomic mass is 10.2. The van der Waals surface area contributed by atoms with Crippen LogP contribution in [0.2, 0.25) is 0 Å². The van der Waals surface area contributed by atoms with E-state index in [1.807, 2.05) is 30.0 Å². The summed E-state index contributed by atoms with van der Waals surface area (Å²) in [5, 5.41) is 3.14. The predicted molar refractivity (Wildman–Crippen MR) is 94.8 cm³/mol. The van der Waals surface area contributed by atoms with Gasteiger partial charge in [0.1, 0.15) is 5.69 Å². The Morgan fingerprint density at radius 3 is 2.54 bits per heavy atom. The zero-order valence-electron chi connectivity index (χ0n) is 14.6. The van der Waals surface area contributed by atoms with Gasteiger partial charge in [0.05, 0.1) is 12.2 Å². The molecule has 128 valence electrons. The molecule has 0 saturated carbocycles. The SMILES string of the molecule is CCCN(CCC)C(=O)c1cc(C)nc(NCc2ccccn2)n1. The fourth-order valence-electron chi connectivity index (χ4n) is 2.45. The summed E-state index contributed by atoms with van der Waals surface area (Å²) in [6, 6.07) is 7.48. The molecule has 0 saturated heterocycles. The lowest BCUT2D eigenvalue weighted by Gasteiger charge is -2.21. The Balaban J connectivity index is 2.13. The molecule has 1 N–H and O–H groups in total. The summed E-state index contributed by atoms with van der Waals surface area (Å²) in [6.07, 6.45) is 3.61. The summed E-state index contributed by atoms with van der Waals surface area (Å²) in [5.74, 6) is 0.419. The largest absolute Gasteiger partial charge is 0.349 e. The second-order valence-electron chi connectivity index (χ2n) is 5.69. The van der Waals surface area contributed by atoms with Crippen molar-refractivity contribution in [1.29, 1.82) is 0 Å². The van der Waals surface area contributed by atoms with Crippen molar-refractivity contribution in [3.63, 3.8) is 0 Å². The first kappa shape index (κ1) is 17.8. The van der Waals surface area contributed by atoms with Crippen molar-refractivity contribution in [1.82, 2.24) is 19.9 Å². The summed E-state index contributed by atoms with van der Waals surface area (Å²) < 4.78 is 0. The third kappa shape index (κ3) is 5.01. The van der Waals surface area contributed by atoms with Crippen LogP contribution in [-0.4, -0.2) is 38.8 Å². The average Bonchev–Trinajstić information content (AvgIpc) is 2.59. The fourth-order valence-corrected chi connectivity index (χ4v) is 2.45. The number of carbonyl (C=O) groups excluding carboxylic acids is 1. The molecule has 0 radical (unpaired) electrons. The van der Waals surface area contributed by atoms with Crippen LogP contribution >= 0.6 is 0 Å². The van der Waals surface area contributed by atoms with Crippen LogP contribution in [0.15, 0.2) is 30.5 Å². The summed E-state index contributed by atoms with van der Waals surface area (Å²) in [4.78, 5) is 27.6. The van der Waals surface area contributed by atoms with Crippen molar-refractivity contribution in [3.05, 3.63) is 47.5 Å². The maximum Gasteiger partial charge on any atom is 0.272 e. The third-order valence-corrected chi connectivity index (χ3v) is 3.50. The van der Waals surface area contributed by atoms with Gasteiger partial charge >= 0.3 is 0 Å². The van der Waals surface area contributed by atoms with Gasteiger partial charge in [-0.2, -0.15) is 0 Å². The molecule has 0 aliphatic heterocycles. The number of nitrogens with zero attached hydrogens (tertiary/aromatic N) is 4. The Labute approximate surface area is 143 Å². The number of pyridine rings is 1. The van der Waals surface area contributed by atoms with E-state index < -0.39 is 0 Å². The standard InChI is InChI=1S/C18H25N5O/c1-4-10-23(11-5-2)17(24)16-12-14(3)21-18(22-16)20-13-15-8-6-7-9-19-15/h6-9,12H,4-5,10-11,13H2,1-3H3,(H,20,21,22). The quantitative estimate of drug-likeness (QED) is 0.807. The van der Waals surface area contributed by atoms with E-state index in [1.165, 1.54) is 0 Å². The Morgan fingerprint density at radius 1 is 1.17 bits per heavy atom. The Hall–Kier alpha value is -2.50. The molecule has 2 heterocycles. The van der Waals surface area contributed by atoms with Gasteiger partial charge < -0.3 is 10.2 Å². The van der Waals surface area contributed by atoms with Crippen LogP contribution < -0.4 is 5.32 Å². The number of amides is 1. The zero-order valence-corrected chi connectivity index (χ0v) is 14.6. The molecule has 0 fully saturated rings. The molecule has 0 bridgehead atoms. The third-order valence-electron chi connectivity index (χ3n) is 3.50. The molecule has 2 aromatic heterocycles. The topological polar surface area (TPSA) is 71.0 Å². The molecule has 0 unspecified atom stereocenters. The highest BCUT2D eigenvalue weighted by molar-refractivity contribution is 5.92. The summed E-state index contributed by atoms with van der Waals surface area (Å²) >= 11 is 0. The number of hydrogen-bond acceptors (Lipinski definition) is 5. The van der Waals surface area contributed by atoms with Gasteiger partial charge in [-0.25, -0.2) is 9.97 Å². The smallest absolute Gasteiger partial charge is 0.272 e. The van der Waals surface area contributed by atoms with E-state index in [0.717, 1.165) is 37.3 Å². The zero-order chi connectivity index (χ0) is 17.4. The first-order valence-electron chi connectivity index (χ1n) is 8.42. The minimum atomic E-state index is -0.0370. The van der Waals surface area contributed by atoms with Gasteiger partial charge in [0.15, 0.2) is 0 Å². The molecule has 0 atom stereocenters. The number of aromatic nitrogens is 3. The lowest BCUT2D eigenvalue weighted by molar-refractivity contribution is 0.0749. The molecule has 2 aromatic rings. The van der Waals surface area contributed by atoms with Crippen LogP contribution in [0.1, 0.15) is 48.6 Å². The fraction of sp³-hybridized carbons (Fsp3) is 0.444. The van der Waals surface area contributed by atoms with E-state index in [9.17, 15) is 4.79 Å². The van der Waals surface area contributed by atoms with E-state index in [-0.39, 0.29) is 5.91 Å². The minimum absolute atomic E-state index is 0.0370. The van der Waals surface area contributed by atoms with Crippen molar-refractivity contribution in [2.24, 2.45) is 0 Å². The molecule has 0 spiro atoms. The van der Waals surface area contributed by atoms with Crippen LogP contribution in [0, 0.1) is 6.92 Å². The van der Waals surface area contributed by atoms with Crippen molar-refractivity contribution < 1.29 is 4.79 Å². The molecular formula is C18H25N5O. The van der Waals surface area contributed by atoms with Crippen LogP contribution in [0.5, 0.6) is 0 Å². The van der Waals surface area contributed by atoms with Gasteiger partial charge in [0.25, 0.3) is 5.91 Å². The minimum Gasteiger partial charge on any atom is -0.349 e. The number of aryl methyl sites for hydroxylation is 1. The van der Waals surface area contributed by atoms with E-state index in [1.54, 1.807) is 12.3 Å². The average molecular weight is 327 g/mol. The second-order valence-corrected chi connectivity index (χ2v) is 5.69. The van der Waals surface area contributed by atoms with Gasteiger partial charge in [-0.15, -0.1) is 0 Å². The molecule has 2 rings (SSSR count). The maximum absolute atomic E-state index is 12.7. The molecule has 1 amide bonds. The van der Waals surface area contributed by atoms with Crippen LogP contribution in [0.4, 0.5) is 5.95 Å². The first-order valence-corrected chi connectivity index (χ1v) is 8.42. The Kier molecular flexibility index (Phi) is 6.66. The van der Waals surface area contributed by atoms with Gasteiger partial charge in [0, 0.05) is 25.0 Å². The molecule has 24 heavy (non-hydrogen) atoms. The Morgan fingerprint density at radius 2 is 1.92 bits per heavy atom. The van der Waals surface area contributed by atoms with Crippen LogP contribution in [-0.2, 0) is 6.54 Å². The summed E-state index contributed by atoms with van der Waals surface area (Å²) in [6.45, 7) is 8.01. The predicted octanol–water partition coefficient (Wildman–Crippen LogP) is 3.05. The molecule has 6 nitrogen and oxygen atoms in total. The summed E-state index contributed by atoms with van der Waals surface area (Å²) in [5.41, 5.74) is 2.10. The number of anilines is 1. The number of nitrogens with one attached hydrogen (secondary N) is 1. The number of carbonyl (C=O) groups is 1. The first-order chi connectivity index (χ1) is 11.6. The van der Waals surface area contributed by atoms with Gasteiger partial charge in [0.2, 0.25) is 5.95 Å². The summed E-state index contributed by atoms with van der Waals surface area (Å²) in [7, 11) is 0. The van der Waals surface area contributed by atoms with Gasteiger partial charge in [-0.05, 0) is 38.0 Å². The highest BCUT2D eigenvalue weighted by atomic mass is 16.2. The van der Waals surface area contributed by atoms with E-state index in [4.69, 9.17) is 0 Å². The highest BCUT2D eigenvalue weighted by Crippen LogP contribution is 2.10. The number of rotatable bonds is 8. The normalized spacial score (nSPS) is 10.5. The number of hydrogen-bond donors (Lipinski definition) is 1. The molecule has 0 aromatic carbocycles. The maximum atomic E-state index is 12.7. The van der Waals surface area contributed by atoms with Gasteiger partial charge in [-0.1, -0.05) is 19.9 Å². The second kappa shape index (κ2) is 8.96. The van der Waals surface area contributed by atoms with Gasteiger partial charge in [-0.3, -0.25) is 9.78 Å². The van der Waals surface area contributed by atoms with Crippen molar-refractivity contribution in [2.45, 2.75) is 40.2 Å². The lowest BCUT2D eigenvalue weighted by Crippen LogP contribution is -2.33. The highest BCUT2D eigenvalue weighted by Gasteiger charge is 2.17. The molecule has 0 aliphatic carbocycles. The van der Waals surface area contributed by atoms with E-state index in [0.29, 0.717) is 18.2 Å². The molecule has 6 heteroatoms. The van der Waals surface area contributed by atoms with Crippen molar-refractivity contribution >= 4 is 11.9 Å². The molecule has 0 aliphatic rings. The van der Waals surface area contributed by atoms with Crippen molar-refractivity contribution in [3.8, 4) is 0 Å². The van der Waals surface area contributed by atoms with Crippen LogP contribution in [0.25, 0.3) is 0 Å². The van der Waals surface area contributed by atoms with Crippen LogP contribution in [0.3, 0.4) is 0 Å². The Bertz CT molecular complexity index is 654. The van der Waals surface area contributed by atoms with Crippen molar-refractivity contribution in [2.75, 3.05) is 18.4 Å². The van der Waals surface area contributed by atoms with E-state index >= 15 is 0 Å². The molecular weight excluding hydrogens is 302 g/mol. The van der Waals surface area contributed by atoms with E-state index in [2.05, 4.69) is 34.1 Å². The monoisotopic (exact) mass is 327 g/mol.